The van der Waals surface area contributed by atoms with Crippen LogP contribution in [0.4, 0.5) is 0 Å². The first-order valence-corrected chi connectivity index (χ1v) is 7.74. The van der Waals surface area contributed by atoms with Gasteiger partial charge >= 0.3 is 0 Å². The highest BCUT2D eigenvalue weighted by atomic mass is 127. The molecule has 1 saturated heterocycles. The van der Waals surface area contributed by atoms with Crippen molar-refractivity contribution in [2.75, 3.05) is 46.7 Å². The van der Waals surface area contributed by atoms with Crippen molar-refractivity contribution in [3.8, 4) is 0 Å². The normalized spacial score (nSPS) is 20.4. The van der Waals surface area contributed by atoms with Gasteiger partial charge in [-0.2, -0.15) is 11.8 Å². The van der Waals surface area contributed by atoms with Crippen LogP contribution in [-0.2, 0) is 4.74 Å². The molecule has 0 amide bonds. The number of aliphatic imine (C=N–C) groups is 1. The number of rotatable bonds is 5. The van der Waals surface area contributed by atoms with E-state index in [4.69, 9.17) is 4.74 Å². The molecule has 1 atom stereocenters. The fourth-order valence-electron chi connectivity index (χ4n) is 2.09. The third-order valence-corrected chi connectivity index (χ3v) is 4.67. The van der Waals surface area contributed by atoms with Crippen molar-refractivity contribution in [1.82, 2.24) is 10.2 Å². The maximum atomic E-state index is 5.23. The molecule has 1 aliphatic heterocycles. The van der Waals surface area contributed by atoms with Gasteiger partial charge in [-0.25, -0.2) is 0 Å². The zero-order valence-electron chi connectivity index (χ0n) is 12.7. The number of methoxy groups -OCH3 is 1. The summed E-state index contributed by atoms with van der Waals surface area (Å²) in [5.41, 5.74) is 0. The van der Waals surface area contributed by atoms with E-state index >= 15 is 0 Å². The number of ether oxygens (including phenoxy) is 1. The summed E-state index contributed by atoms with van der Waals surface area (Å²) < 4.78 is 5.47. The van der Waals surface area contributed by atoms with E-state index in [0.717, 1.165) is 32.2 Å². The summed E-state index contributed by atoms with van der Waals surface area (Å²) in [5, 5.41) is 3.48. The average Bonchev–Trinajstić information content (AvgIpc) is 2.79. The number of nitrogens with zero attached hydrogens (tertiary/aromatic N) is 2. The van der Waals surface area contributed by atoms with Gasteiger partial charge in [-0.3, -0.25) is 4.99 Å². The van der Waals surface area contributed by atoms with Crippen LogP contribution >= 0.6 is 35.7 Å². The predicted octanol–water partition coefficient (Wildman–Crippen LogP) is 2.29. The fourth-order valence-corrected chi connectivity index (χ4v) is 2.31. The molecule has 0 saturated carbocycles. The Bertz CT molecular complexity index is 287. The minimum Gasteiger partial charge on any atom is -0.384 e. The van der Waals surface area contributed by atoms with E-state index in [0.29, 0.717) is 5.92 Å². The van der Waals surface area contributed by atoms with E-state index in [1.54, 1.807) is 7.11 Å². The Morgan fingerprint density at radius 1 is 1.53 bits per heavy atom. The molecule has 1 heterocycles. The molecule has 4 nitrogen and oxygen atoms in total. The van der Waals surface area contributed by atoms with Crippen LogP contribution in [0.2, 0.25) is 0 Å². The Kier molecular flexibility index (Phi) is 9.43. The lowest BCUT2D eigenvalue weighted by Crippen LogP contribution is -2.45. The van der Waals surface area contributed by atoms with Crippen LogP contribution in [0, 0.1) is 5.92 Å². The summed E-state index contributed by atoms with van der Waals surface area (Å²) in [6.07, 6.45) is 3.34. The Labute approximate surface area is 139 Å². The zero-order chi connectivity index (χ0) is 13.6. The number of guanidine groups is 1. The van der Waals surface area contributed by atoms with Crippen LogP contribution in [-0.4, -0.2) is 62.3 Å². The molecular weight excluding hydrogens is 373 g/mol. The lowest BCUT2D eigenvalue weighted by atomic mass is 10.1. The summed E-state index contributed by atoms with van der Waals surface area (Å²) in [7, 11) is 3.63. The molecule has 114 valence electrons. The molecule has 1 rings (SSSR count). The van der Waals surface area contributed by atoms with Gasteiger partial charge in [0.1, 0.15) is 0 Å². The molecule has 0 aromatic heterocycles. The van der Waals surface area contributed by atoms with Gasteiger partial charge in [-0.1, -0.05) is 0 Å². The SMILES string of the molecule is CN=C(NCC(C)(C)SC)N1CCC(COC)C1.I. The second-order valence-electron chi connectivity index (χ2n) is 5.42. The van der Waals surface area contributed by atoms with Crippen molar-refractivity contribution < 1.29 is 4.74 Å². The highest BCUT2D eigenvalue weighted by Gasteiger charge is 2.25. The van der Waals surface area contributed by atoms with Crippen molar-refractivity contribution >= 4 is 41.7 Å². The maximum Gasteiger partial charge on any atom is 0.193 e. The van der Waals surface area contributed by atoms with Gasteiger partial charge in [-0.15, -0.1) is 24.0 Å². The highest BCUT2D eigenvalue weighted by molar-refractivity contribution is 14.0. The molecule has 19 heavy (non-hydrogen) atoms. The van der Waals surface area contributed by atoms with E-state index < -0.39 is 0 Å². The van der Waals surface area contributed by atoms with Gasteiger partial charge in [0.2, 0.25) is 0 Å². The predicted molar refractivity (Wildman–Crippen MR) is 95.9 cm³/mol. The lowest BCUT2D eigenvalue weighted by molar-refractivity contribution is 0.157. The molecule has 1 N–H and O–H groups in total. The number of halogens is 1. The van der Waals surface area contributed by atoms with Gasteiger partial charge < -0.3 is 15.0 Å². The maximum absolute atomic E-state index is 5.23. The third kappa shape index (κ3) is 6.53. The minimum absolute atomic E-state index is 0. The fraction of sp³-hybridized carbons (Fsp3) is 0.923. The van der Waals surface area contributed by atoms with Crippen molar-refractivity contribution in [3.05, 3.63) is 0 Å². The van der Waals surface area contributed by atoms with Crippen LogP contribution in [0.25, 0.3) is 0 Å². The molecule has 0 spiro atoms. The smallest absolute Gasteiger partial charge is 0.193 e. The highest BCUT2D eigenvalue weighted by Crippen LogP contribution is 2.20. The third-order valence-electron chi connectivity index (χ3n) is 3.42. The molecule has 1 unspecified atom stereocenters. The largest absolute Gasteiger partial charge is 0.384 e. The topological polar surface area (TPSA) is 36.9 Å². The molecule has 0 aromatic rings. The second kappa shape index (κ2) is 9.28. The number of likely N-dealkylation sites (tertiary alicyclic amines) is 1. The summed E-state index contributed by atoms with van der Waals surface area (Å²) in [6, 6.07) is 0. The molecule has 6 heteroatoms. The van der Waals surface area contributed by atoms with Crippen molar-refractivity contribution in [2.24, 2.45) is 10.9 Å². The molecule has 1 fully saturated rings. The Morgan fingerprint density at radius 3 is 2.74 bits per heavy atom. The van der Waals surface area contributed by atoms with Crippen LogP contribution in [0.15, 0.2) is 4.99 Å². The summed E-state index contributed by atoms with van der Waals surface area (Å²) in [6.45, 7) is 8.40. The minimum atomic E-state index is 0. The first-order valence-electron chi connectivity index (χ1n) is 6.52. The first kappa shape index (κ1) is 19.3. The molecule has 0 radical (unpaired) electrons. The quantitative estimate of drug-likeness (QED) is 0.436. The number of nitrogens with one attached hydrogen (secondary N) is 1. The molecular formula is C13H28IN3OS. The Hall–Kier alpha value is 0.310. The zero-order valence-corrected chi connectivity index (χ0v) is 15.9. The summed E-state index contributed by atoms with van der Waals surface area (Å²) in [5.74, 6) is 1.66. The molecule has 0 aliphatic carbocycles. The average molecular weight is 401 g/mol. The summed E-state index contributed by atoms with van der Waals surface area (Å²) >= 11 is 1.87. The van der Waals surface area contributed by atoms with E-state index in [2.05, 4.69) is 35.3 Å². The standard InChI is InChI=1S/C13H27N3OS.HI/c1-13(2,18-5)10-15-12(14-3)16-7-6-11(8-16)9-17-4;/h11H,6-10H2,1-5H3,(H,14,15);1H. The van der Waals surface area contributed by atoms with Crippen LogP contribution in [0.3, 0.4) is 0 Å². The number of thioether (sulfide) groups is 1. The van der Waals surface area contributed by atoms with Crippen LogP contribution < -0.4 is 5.32 Å². The van der Waals surface area contributed by atoms with E-state index in [1.165, 1.54) is 6.42 Å². The van der Waals surface area contributed by atoms with E-state index in [1.807, 2.05) is 18.8 Å². The van der Waals surface area contributed by atoms with Gasteiger partial charge in [0, 0.05) is 44.5 Å². The first-order chi connectivity index (χ1) is 8.52. The van der Waals surface area contributed by atoms with E-state index in [9.17, 15) is 0 Å². The van der Waals surface area contributed by atoms with Crippen molar-refractivity contribution in [3.63, 3.8) is 0 Å². The number of hydrogen-bond acceptors (Lipinski definition) is 3. The molecule has 1 aliphatic rings. The van der Waals surface area contributed by atoms with Gasteiger partial charge in [0.25, 0.3) is 0 Å². The summed E-state index contributed by atoms with van der Waals surface area (Å²) in [4.78, 5) is 6.72. The second-order valence-corrected chi connectivity index (χ2v) is 6.93. The Morgan fingerprint density at radius 2 is 2.21 bits per heavy atom. The van der Waals surface area contributed by atoms with Gasteiger partial charge in [0.05, 0.1) is 6.61 Å². The van der Waals surface area contributed by atoms with E-state index in [-0.39, 0.29) is 28.7 Å². The lowest BCUT2D eigenvalue weighted by Gasteiger charge is -2.27. The number of hydrogen-bond donors (Lipinski definition) is 1. The monoisotopic (exact) mass is 401 g/mol. The van der Waals surface area contributed by atoms with Crippen LogP contribution in [0.5, 0.6) is 0 Å². The van der Waals surface area contributed by atoms with Crippen LogP contribution in [0.1, 0.15) is 20.3 Å². The Balaban J connectivity index is 0.00000324. The molecule has 0 bridgehead atoms. The van der Waals surface area contributed by atoms with Gasteiger partial charge in [0.15, 0.2) is 5.96 Å². The van der Waals surface area contributed by atoms with Gasteiger partial charge in [-0.05, 0) is 26.5 Å². The van der Waals surface area contributed by atoms with Crippen molar-refractivity contribution in [2.45, 2.75) is 25.0 Å². The molecule has 0 aromatic carbocycles. The van der Waals surface area contributed by atoms with Crippen molar-refractivity contribution in [1.29, 1.82) is 0 Å².